The van der Waals surface area contributed by atoms with E-state index in [4.69, 9.17) is 9.47 Å². The van der Waals surface area contributed by atoms with Crippen molar-refractivity contribution in [2.45, 2.75) is 11.3 Å². The lowest BCUT2D eigenvalue weighted by atomic mass is 9.63. The zero-order valence-electron chi connectivity index (χ0n) is 16.3. The van der Waals surface area contributed by atoms with Crippen LogP contribution < -0.4 is 4.74 Å². The van der Waals surface area contributed by atoms with Gasteiger partial charge in [0, 0.05) is 11.5 Å². The first-order valence-corrected chi connectivity index (χ1v) is 9.42. The average molecular weight is 368 g/mol. The van der Waals surface area contributed by atoms with Crippen molar-refractivity contribution >= 4 is 0 Å². The second-order valence-electron chi connectivity index (χ2n) is 7.00. The van der Waals surface area contributed by atoms with Gasteiger partial charge >= 0.3 is 0 Å². The molecule has 3 aromatic rings. The van der Waals surface area contributed by atoms with E-state index in [-0.39, 0.29) is 5.92 Å². The van der Waals surface area contributed by atoms with E-state index in [0.29, 0.717) is 0 Å². The third-order valence-electron chi connectivity index (χ3n) is 5.71. The molecule has 28 heavy (non-hydrogen) atoms. The van der Waals surface area contributed by atoms with E-state index < -0.39 is 5.41 Å². The molecule has 2 nitrogen and oxygen atoms in total. The number of benzene rings is 3. The Hall–Kier alpha value is -3.26. The summed E-state index contributed by atoms with van der Waals surface area (Å²) in [6, 6.07) is 29.5. The van der Waals surface area contributed by atoms with Gasteiger partial charge in [-0.05, 0) is 34.9 Å². The Bertz CT molecular complexity index is 946. The molecular weight excluding hydrogens is 344 g/mol. The fraction of sp³-hybridized carbons (Fsp3) is 0.154. The average Bonchev–Trinajstić information content (AvgIpc) is 3.08. The third kappa shape index (κ3) is 2.73. The van der Waals surface area contributed by atoms with E-state index in [1.54, 1.807) is 14.2 Å². The van der Waals surface area contributed by atoms with Crippen molar-refractivity contribution in [1.29, 1.82) is 0 Å². The highest BCUT2D eigenvalue weighted by molar-refractivity contribution is 5.63. The van der Waals surface area contributed by atoms with Crippen molar-refractivity contribution in [1.82, 2.24) is 0 Å². The van der Waals surface area contributed by atoms with E-state index in [9.17, 15) is 0 Å². The summed E-state index contributed by atoms with van der Waals surface area (Å²) in [7, 11) is 3.40. The van der Waals surface area contributed by atoms with Crippen LogP contribution >= 0.6 is 0 Å². The molecule has 2 heteroatoms. The highest BCUT2D eigenvalue weighted by atomic mass is 16.5. The number of rotatable bonds is 5. The first kappa shape index (κ1) is 18.1. The van der Waals surface area contributed by atoms with Crippen molar-refractivity contribution in [2.75, 3.05) is 14.2 Å². The standard InChI is InChI=1S/C26H24O2/c1-19-25(28-3)18-24(20-14-16-23(27-2)17-15-20)26(19,21-10-6-4-7-11-21)22-12-8-5-9-13-22/h4-18,24H,1H2,2-3H3/t24-/m0/s1. The molecule has 140 valence electrons. The summed E-state index contributed by atoms with van der Waals surface area (Å²) in [6.07, 6.45) is 2.20. The Kier molecular flexibility index (Phi) is 4.79. The van der Waals surface area contributed by atoms with Crippen molar-refractivity contribution in [3.63, 3.8) is 0 Å². The van der Waals surface area contributed by atoms with Gasteiger partial charge in [0.2, 0.25) is 0 Å². The molecule has 0 aliphatic heterocycles. The summed E-state index contributed by atoms with van der Waals surface area (Å²) >= 11 is 0. The highest BCUT2D eigenvalue weighted by Crippen LogP contribution is 2.56. The van der Waals surface area contributed by atoms with Crippen LogP contribution in [0.4, 0.5) is 0 Å². The van der Waals surface area contributed by atoms with Crippen molar-refractivity contribution in [2.24, 2.45) is 0 Å². The molecular formula is C26H24O2. The monoisotopic (exact) mass is 368 g/mol. The van der Waals surface area contributed by atoms with Gasteiger partial charge in [-0.3, -0.25) is 0 Å². The Balaban J connectivity index is 1.99. The van der Waals surface area contributed by atoms with Gasteiger partial charge < -0.3 is 9.47 Å². The SMILES string of the molecule is C=C1C(OC)=C[C@@H](c2ccc(OC)cc2)C1(c1ccccc1)c1ccccc1. The fourth-order valence-electron chi connectivity index (χ4n) is 4.38. The van der Waals surface area contributed by atoms with Gasteiger partial charge in [-0.25, -0.2) is 0 Å². The maximum atomic E-state index is 5.76. The van der Waals surface area contributed by atoms with Gasteiger partial charge in [0.25, 0.3) is 0 Å². The van der Waals surface area contributed by atoms with Crippen LogP contribution in [0.5, 0.6) is 5.75 Å². The van der Waals surface area contributed by atoms with Crippen LogP contribution in [0.25, 0.3) is 0 Å². The first-order chi connectivity index (χ1) is 13.7. The Labute approximate surface area is 166 Å². The Morgan fingerprint density at radius 3 is 1.71 bits per heavy atom. The minimum Gasteiger partial charge on any atom is -0.497 e. The quantitative estimate of drug-likeness (QED) is 0.561. The minimum absolute atomic E-state index is 0.0608. The molecule has 0 heterocycles. The highest BCUT2D eigenvalue weighted by Gasteiger charge is 2.50. The molecule has 0 aromatic heterocycles. The van der Waals surface area contributed by atoms with E-state index in [0.717, 1.165) is 17.1 Å². The smallest absolute Gasteiger partial charge is 0.119 e. The van der Waals surface area contributed by atoms with Gasteiger partial charge in [0.1, 0.15) is 11.5 Å². The molecule has 0 fully saturated rings. The molecule has 3 aromatic carbocycles. The molecule has 4 rings (SSSR count). The van der Waals surface area contributed by atoms with Crippen LogP contribution in [0.2, 0.25) is 0 Å². The zero-order valence-corrected chi connectivity index (χ0v) is 16.3. The predicted octanol–water partition coefficient (Wildman–Crippen LogP) is 5.87. The Morgan fingerprint density at radius 1 is 0.714 bits per heavy atom. The summed E-state index contributed by atoms with van der Waals surface area (Å²) in [5, 5.41) is 0. The van der Waals surface area contributed by atoms with E-state index in [1.165, 1.54) is 16.7 Å². The van der Waals surface area contributed by atoms with Gasteiger partial charge in [-0.2, -0.15) is 0 Å². The number of hydrogen-bond donors (Lipinski definition) is 0. The van der Waals surface area contributed by atoms with E-state index in [1.807, 2.05) is 24.3 Å². The number of methoxy groups -OCH3 is 2. The summed E-state index contributed by atoms with van der Waals surface area (Å²) in [4.78, 5) is 0. The molecule has 0 amide bonds. The second kappa shape index (κ2) is 7.40. The lowest BCUT2D eigenvalue weighted by Gasteiger charge is -2.38. The predicted molar refractivity (Wildman–Crippen MR) is 114 cm³/mol. The van der Waals surface area contributed by atoms with Crippen LogP contribution in [0.15, 0.2) is 109 Å². The van der Waals surface area contributed by atoms with Crippen molar-refractivity contribution in [3.05, 3.63) is 126 Å². The number of hydrogen-bond acceptors (Lipinski definition) is 2. The van der Waals surface area contributed by atoms with Crippen LogP contribution in [0.1, 0.15) is 22.6 Å². The first-order valence-electron chi connectivity index (χ1n) is 9.42. The van der Waals surface area contributed by atoms with Crippen LogP contribution in [-0.4, -0.2) is 14.2 Å². The summed E-state index contributed by atoms with van der Waals surface area (Å²) in [5.41, 5.74) is 4.16. The summed E-state index contributed by atoms with van der Waals surface area (Å²) < 4.78 is 11.1. The molecule has 0 saturated carbocycles. The van der Waals surface area contributed by atoms with Gasteiger partial charge in [-0.15, -0.1) is 0 Å². The largest absolute Gasteiger partial charge is 0.497 e. The molecule has 0 bridgehead atoms. The number of allylic oxidation sites excluding steroid dienone is 2. The topological polar surface area (TPSA) is 18.5 Å². The summed E-state index contributed by atoms with van der Waals surface area (Å²) in [6.45, 7) is 4.50. The molecule has 1 aliphatic rings. The van der Waals surface area contributed by atoms with Crippen molar-refractivity contribution < 1.29 is 9.47 Å². The Morgan fingerprint density at radius 2 is 1.25 bits per heavy atom. The van der Waals surface area contributed by atoms with E-state index >= 15 is 0 Å². The maximum absolute atomic E-state index is 5.76. The van der Waals surface area contributed by atoms with Crippen LogP contribution in [0, 0.1) is 0 Å². The molecule has 0 unspecified atom stereocenters. The molecule has 1 atom stereocenters. The second-order valence-corrected chi connectivity index (χ2v) is 7.00. The summed E-state index contributed by atoms with van der Waals surface area (Å²) in [5.74, 6) is 1.75. The zero-order chi connectivity index (χ0) is 19.6. The molecule has 0 saturated heterocycles. The van der Waals surface area contributed by atoms with Gasteiger partial charge in [0.15, 0.2) is 0 Å². The molecule has 0 N–H and O–H groups in total. The molecule has 1 aliphatic carbocycles. The molecule has 0 spiro atoms. The third-order valence-corrected chi connectivity index (χ3v) is 5.71. The lowest BCUT2D eigenvalue weighted by Crippen LogP contribution is -2.33. The van der Waals surface area contributed by atoms with Crippen LogP contribution in [0.3, 0.4) is 0 Å². The number of ether oxygens (including phenoxy) is 2. The minimum atomic E-state index is -0.428. The van der Waals surface area contributed by atoms with E-state index in [2.05, 4.69) is 73.3 Å². The maximum Gasteiger partial charge on any atom is 0.119 e. The van der Waals surface area contributed by atoms with Gasteiger partial charge in [-0.1, -0.05) is 79.4 Å². The van der Waals surface area contributed by atoms with Crippen LogP contribution in [-0.2, 0) is 10.2 Å². The normalized spacial score (nSPS) is 17.9. The molecule has 0 radical (unpaired) electrons. The fourth-order valence-corrected chi connectivity index (χ4v) is 4.38. The lowest BCUT2D eigenvalue weighted by molar-refractivity contribution is 0.299. The van der Waals surface area contributed by atoms with Gasteiger partial charge in [0.05, 0.1) is 19.6 Å². The van der Waals surface area contributed by atoms with Crippen molar-refractivity contribution in [3.8, 4) is 5.75 Å².